The van der Waals surface area contributed by atoms with Crippen LogP contribution in [0.1, 0.15) is 18.4 Å². The summed E-state index contributed by atoms with van der Waals surface area (Å²) in [5.74, 6) is 0.0265. The number of rotatable bonds is 4. The van der Waals surface area contributed by atoms with Crippen LogP contribution >= 0.6 is 23.2 Å². The van der Waals surface area contributed by atoms with E-state index >= 15 is 0 Å². The molecule has 0 fully saturated rings. The first-order chi connectivity index (χ1) is 11.5. The Morgan fingerprint density at radius 1 is 1.17 bits per heavy atom. The Labute approximate surface area is 149 Å². The first-order valence-electron chi connectivity index (χ1n) is 7.01. The van der Waals surface area contributed by atoms with Crippen molar-refractivity contribution >= 4 is 47.3 Å². The van der Waals surface area contributed by atoms with Gasteiger partial charge >= 0.3 is 0 Å². The topological polar surface area (TPSA) is 127 Å². The molecule has 0 atom stereocenters. The third-order valence-corrected chi connectivity index (χ3v) is 3.66. The molecule has 24 heavy (non-hydrogen) atoms. The van der Waals surface area contributed by atoms with Crippen LogP contribution in [-0.2, 0) is 0 Å². The number of nitrogens with two attached hydrogens (primary N) is 3. The van der Waals surface area contributed by atoms with E-state index in [1.807, 2.05) is 0 Å². The number of nitrogen functional groups attached to an aromatic ring is 1. The molecule has 9 heteroatoms. The van der Waals surface area contributed by atoms with Crippen LogP contribution in [0.15, 0.2) is 55.9 Å². The minimum Gasteiger partial charge on any atom is -0.398 e. The number of guanidine groups is 1. The highest BCUT2D eigenvalue weighted by Gasteiger charge is 2.07. The average Bonchev–Trinajstić information content (AvgIpc) is 2.51. The summed E-state index contributed by atoms with van der Waals surface area (Å²) in [7, 11) is 0. The fourth-order valence-electron chi connectivity index (χ4n) is 1.89. The zero-order valence-corrected chi connectivity index (χ0v) is 14.2. The van der Waals surface area contributed by atoms with E-state index in [0.717, 1.165) is 23.4 Å². The van der Waals surface area contributed by atoms with Crippen molar-refractivity contribution in [2.75, 3.05) is 5.73 Å². The normalized spacial score (nSPS) is 16.1. The van der Waals surface area contributed by atoms with Gasteiger partial charge in [0.15, 0.2) is 0 Å². The van der Waals surface area contributed by atoms with Crippen LogP contribution in [-0.4, -0.2) is 18.4 Å². The standard InChI is InChI=1S/C15H17Cl2N7/c16-11-3-1-9(13(18)5-11)7-21-23-15(20)24-22-8-10-2-4-12(17)6-14(10)19/h1,3,5-8H,2,4,18-19H2,(H3,20,23,24)/b21-7+,22-8+. The maximum Gasteiger partial charge on any atom is 0.234 e. The average molecular weight is 366 g/mol. The van der Waals surface area contributed by atoms with Crippen molar-refractivity contribution in [3.05, 3.63) is 51.2 Å². The van der Waals surface area contributed by atoms with Gasteiger partial charge in [-0.05, 0) is 42.7 Å². The number of benzene rings is 1. The fourth-order valence-corrected chi connectivity index (χ4v) is 2.28. The molecule has 7 N–H and O–H groups in total. The Balaban J connectivity index is 1.93. The molecule has 0 aromatic heterocycles. The smallest absolute Gasteiger partial charge is 0.234 e. The lowest BCUT2D eigenvalue weighted by atomic mass is 10.0. The highest BCUT2D eigenvalue weighted by atomic mass is 35.5. The van der Waals surface area contributed by atoms with Gasteiger partial charge in [-0.1, -0.05) is 23.2 Å². The maximum absolute atomic E-state index is 5.90. The Bertz CT molecular complexity index is 763. The Morgan fingerprint density at radius 3 is 2.67 bits per heavy atom. The van der Waals surface area contributed by atoms with Gasteiger partial charge in [-0.2, -0.15) is 10.2 Å². The van der Waals surface area contributed by atoms with Crippen LogP contribution in [0.4, 0.5) is 5.69 Å². The third kappa shape index (κ3) is 5.29. The van der Waals surface area contributed by atoms with E-state index in [4.69, 9.17) is 40.4 Å². The predicted octanol–water partition coefficient (Wildman–Crippen LogP) is 2.28. The number of hydrazone groups is 1. The molecule has 1 aliphatic carbocycles. The molecular weight excluding hydrogens is 349 g/mol. The van der Waals surface area contributed by atoms with E-state index in [-0.39, 0.29) is 5.96 Å². The SMILES string of the molecule is NC(=N/N=C/c1ccc(Cl)cc1N)N/N=C/C1=C(N)C=C(Cl)CC1. The lowest BCUT2D eigenvalue weighted by Gasteiger charge is -2.10. The Hall–Kier alpha value is -2.51. The van der Waals surface area contributed by atoms with Gasteiger partial charge in [-0.15, -0.1) is 5.10 Å². The van der Waals surface area contributed by atoms with E-state index in [9.17, 15) is 0 Å². The molecule has 0 unspecified atom stereocenters. The molecule has 126 valence electrons. The van der Waals surface area contributed by atoms with Crippen molar-refractivity contribution < 1.29 is 0 Å². The van der Waals surface area contributed by atoms with E-state index in [2.05, 4.69) is 20.7 Å². The van der Waals surface area contributed by atoms with Crippen LogP contribution < -0.4 is 22.6 Å². The van der Waals surface area contributed by atoms with Crippen LogP contribution in [0.5, 0.6) is 0 Å². The second-order valence-electron chi connectivity index (χ2n) is 4.94. The Kier molecular flexibility index (Phi) is 6.22. The lowest BCUT2D eigenvalue weighted by molar-refractivity contribution is 0.948. The molecular formula is C15H17Cl2N7. The van der Waals surface area contributed by atoms with E-state index in [1.165, 1.54) is 6.21 Å². The zero-order chi connectivity index (χ0) is 17.5. The monoisotopic (exact) mass is 365 g/mol. The second-order valence-corrected chi connectivity index (χ2v) is 5.87. The summed E-state index contributed by atoms with van der Waals surface area (Å²) >= 11 is 11.7. The van der Waals surface area contributed by atoms with Crippen molar-refractivity contribution in [1.29, 1.82) is 0 Å². The van der Waals surface area contributed by atoms with Crippen molar-refractivity contribution in [1.82, 2.24) is 5.43 Å². The van der Waals surface area contributed by atoms with E-state index in [0.29, 0.717) is 22.0 Å². The molecule has 1 aromatic carbocycles. The van der Waals surface area contributed by atoms with Gasteiger partial charge in [0.25, 0.3) is 0 Å². The van der Waals surface area contributed by atoms with Crippen molar-refractivity contribution in [3.63, 3.8) is 0 Å². The molecule has 0 aliphatic heterocycles. The molecule has 0 heterocycles. The summed E-state index contributed by atoms with van der Waals surface area (Å²) in [6, 6.07) is 5.06. The summed E-state index contributed by atoms with van der Waals surface area (Å²) in [4.78, 5) is 0. The minimum atomic E-state index is 0.0265. The molecule has 0 spiro atoms. The van der Waals surface area contributed by atoms with Crippen LogP contribution in [0, 0.1) is 0 Å². The molecule has 0 saturated heterocycles. The van der Waals surface area contributed by atoms with Crippen molar-refractivity contribution in [2.45, 2.75) is 12.8 Å². The molecule has 7 nitrogen and oxygen atoms in total. The van der Waals surface area contributed by atoms with Gasteiger partial charge in [-0.3, -0.25) is 0 Å². The number of allylic oxidation sites excluding steroid dienone is 3. The molecule has 0 amide bonds. The first kappa shape index (κ1) is 17.8. The largest absolute Gasteiger partial charge is 0.398 e. The fraction of sp³-hybridized carbons (Fsp3) is 0.133. The number of nitrogens with one attached hydrogen (secondary N) is 1. The number of halogens is 2. The molecule has 2 rings (SSSR count). The van der Waals surface area contributed by atoms with Crippen LogP contribution in [0.3, 0.4) is 0 Å². The van der Waals surface area contributed by atoms with Gasteiger partial charge in [0.1, 0.15) is 0 Å². The van der Waals surface area contributed by atoms with Gasteiger partial charge in [-0.25, -0.2) is 5.43 Å². The van der Waals surface area contributed by atoms with Gasteiger partial charge in [0.05, 0.1) is 12.4 Å². The summed E-state index contributed by atoms with van der Waals surface area (Å²) in [6.07, 6.45) is 6.22. The summed E-state index contributed by atoms with van der Waals surface area (Å²) in [5.41, 5.74) is 22.5. The first-order valence-corrected chi connectivity index (χ1v) is 7.76. The number of hydrogen-bond donors (Lipinski definition) is 4. The van der Waals surface area contributed by atoms with Gasteiger partial charge in [0, 0.05) is 27.0 Å². The molecule has 1 aliphatic rings. The Morgan fingerprint density at radius 2 is 1.96 bits per heavy atom. The molecule has 0 radical (unpaired) electrons. The lowest BCUT2D eigenvalue weighted by Crippen LogP contribution is -2.27. The van der Waals surface area contributed by atoms with Crippen LogP contribution in [0.25, 0.3) is 0 Å². The van der Waals surface area contributed by atoms with Crippen LogP contribution in [0.2, 0.25) is 5.02 Å². The number of nitrogens with zero attached hydrogens (tertiary/aromatic N) is 3. The second kappa shape index (κ2) is 8.37. The predicted molar refractivity (Wildman–Crippen MR) is 101 cm³/mol. The summed E-state index contributed by atoms with van der Waals surface area (Å²) in [5, 5.41) is 12.9. The van der Waals surface area contributed by atoms with E-state index in [1.54, 1.807) is 30.5 Å². The van der Waals surface area contributed by atoms with Gasteiger partial charge < -0.3 is 17.2 Å². The molecule has 0 bridgehead atoms. The summed E-state index contributed by atoms with van der Waals surface area (Å²) in [6.45, 7) is 0. The highest BCUT2D eigenvalue weighted by molar-refractivity contribution is 6.31. The highest BCUT2D eigenvalue weighted by Crippen LogP contribution is 2.22. The van der Waals surface area contributed by atoms with Crippen molar-refractivity contribution in [3.8, 4) is 0 Å². The summed E-state index contributed by atoms with van der Waals surface area (Å²) < 4.78 is 0. The number of hydrogen-bond acceptors (Lipinski definition) is 5. The maximum atomic E-state index is 5.90. The molecule has 1 aromatic rings. The zero-order valence-electron chi connectivity index (χ0n) is 12.7. The van der Waals surface area contributed by atoms with Gasteiger partial charge in [0.2, 0.25) is 5.96 Å². The third-order valence-electron chi connectivity index (χ3n) is 3.13. The van der Waals surface area contributed by atoms with E-state index < -0.39 is 0 Å². The number of anilines is 1. The quantitative estimate of drug-likeness (QED) is 0.282. The van der Waals surface area contributed by atoms with Crippen molar-refractivity contribution in [2.24, 2.45) is 26.8 Å². The molecule has 0 saturated carbocycles. The minimum absolute atomic E-state index is 0.0265.